The molecule has 1 rings (SSSR count). The minimum atomic E-state index is -1.51. The number of nitrogens with zero attached hydrogens (tertiary/aromatic N) is 1. The van der Waals surface area contributed by atoms with Gasteiger partial charge in [-0.25, -0.2) is 4.79 Å². The van der Waals surface area contributed by atoms with Gasteiger partial charge in [-0.3, -0.25) is 9.69 Å². The van der Waals surface area contributed by atoms with Crippen molar-refractivity contribution in [1.29, 1.82) is 0 Å². The van der Waals surface area contributed by atoms with Gasteiger partial charge in [-0.05, 0) is 6.92 Å². The molecule has 5 heteroatoms. The van der Waals surface area contributed by atoms with Gasteiger partial charge in [-0.1, -0.05) is 6.92 Å². The highest BCUT2D eigenvalue weighted by Crippen LogP contribution is 2.16. The van der Waals surface area contributed by atoms with Crippen LogP contribution in [0.2, 0.25) is 0 Å². The van der Waals surface area contributed by atoms with Crippen LogP contribution in [0.3, 0.4) is 0 Å². The Morgan fingerprint density at radius 2 is 2.31 bits per heavy atom. The lowest BCUT2D eigenvalue weighted by Gasteiger charge is -2.34. The van der Waals surface area contributed by atoms with E-state index in [9.17, 15) is 14.7 Å². The van der Waals surface area contributed by atoms with Crippen LogP contribution in [0.5, 0.6) is 0 Å². The molecule has 0 aliphatic carbocycles. The second-order valence-corrected chi connectivity index (χ2v) is 4.62. The highest BCUT2D eigenvalue weighted by Gasteiger charge is 2.35. The zero-order valence-electron chi connectivity index (χ0n) is 10.0. The smallest absolute Gasteiger partial charge is 0.338 e. The van der Waals surface area contributed by atoms with Crippen LogP contribution in [-0.4, -0.2) is 54.1 Å². The third kappa shape index (κ3) is 3.02. The third-order valence-corrected chi connectivity index (χ3v) is 2.91. The van der Waals surface area contributed by atoms with Crippen LogP contribution < -0.4 is 0 Å². The fourth-order valence-electron chi connectivity index (χ4n) is 1.96. The van der Waals surface area contributed by atoms with Gasteiger partial charge in [0, 0.05) is 32.0 Å². The van der Waals surface area contributed by atoms with Crippen LogP contribution in [0.4, 0.5) is 0 Å². The highest BCUT2D eigenvalue weighted by atomic mass is 16.5. The molecule has 1 fully saturated rings. The maximum Gasteiger partial charge on any atom is 0.338 e. The Morgan fingerprint density at radius 1 is 1.69 bits per heavy atom. The Bertz CT molecular complexity index is 288. The number of aliphatic hydroxyl groups is 1. The summed E-state index contributed by atoms with van der Waals surface area (Å²) < 4.78 is 4.52. The van der Waals surface area contributed by atoms with Crippen LogP contribution >= 0.6 is 0 Å². The molecule has 0 aromatic rings. The molecule has 1 aliphatic heterocycles. The van der Waals surface area contributed by atoms with E-state index in [1.54, 1.807) is 0 Å². The van der Waals surface area contributed by atoms with E-state index in [0.717, 1.165) is 0 Å². The van der Waals surface area contributed by atoms with E-state index in [0.29, 0.717) is 19.5 Å². The number of carbonyl (C=O) groups is 2. The zero-order chi connectivity index (χ0) is 12.3. The molecule has 92 valence electrons. The van der Waals surface area contributed by atoms with Gasteiger partial charge in [-0.15, -0.1) is 0 Å². The van der Waals surface area contributed by atoms with Gasteiger partial charge in [0.05, 0.1) is 7.11 Å². The summed E-state index contributed by atoms with van der Waals surface area (Å²) in [6.07, 6.45) is 0.485. The molecule has 0 radical (unpaired) electrons. The molecule has 2 atom stereocenters. The summed E-state index contributed by atoms with van der Waals surface area (Å²) in [7, 11) is 1.25. The molecule has 0 bridgehead atoms. The van der Waals surface area contributed by atoms with Gasteiger partial charge in [0.2, 0.25) is 0 Å². The minimum absolute atomic E-state index is 0.0257. The quantitative estimate of drug-likeness (QED) is 0.680. The number of Topliss-reactive ketones (excluding diaryl/α,β-unsaturated/α-hetero) is 1. The standard InChI is InChI=1S/C11H19NO4/c1-8-6-12(5-4-9(8)13)7-11(2,15)10(14)16-3/h8,15H,4-7H2,1-3H3. The number of hydrogen-bond donors (Lipinski definition) is 1. The third-order valence-electron chi connectivity index (χ3n) is 2.91. The number of likely N-dealkylation sites (tertiary alicyclic amines) is 1. The molecule has 0 aromatic heterocycles. The van der Waals surface area contributed by atoms with Crippen LogP contribution in [0.1, 0.15) is 20.3 Å². The van der Waals surface area contributed by atoms with E-state index in [4.69, 9.17) is 0 Å². The lowest BCUT2D eigenvalue weighted by Crippen LogP contribution is -2.51. The van der Waals surface area contributed by atoms with Crippen molar-refractivity contribution >= 4 is 11.8 Å². The second kappa shape index (κ2) is 4.93. The van der Waals surface area contributed by atoms with Crippen molar-refractivity contribution in [2.24, 2.45) is 5.92 Å². The average Bonchev–Trinajstić information content (AvgIpc) is 2.22. The topological polar surface area (TPSA) is 66.8 Å². The van der Waals surface area contributed by atoms with E-state index in [-0.39, 0.29) is 18.2 Å². The summed E-state index contributed by atoms with van der Waals surface area (Å²) in [5.41, 5.74) is -1.51. The van der Waals surface area contributed by atoms with Crippen molar-refractivity contribution in [3.05, 3.63) is 0 Å². The normalized spacial score (nSPS) is 26.2. The molecule has 0 amide bonds. The fourth-order valence-corrected chi connectivity index (χ4v) is 1.96. The van der Waals surface area contributed by atoms with Crippen molar-refractivity contribution < 1.29 is 19.4 Å². The molecule has 0 aromatic carbocycles. The van der Waals surface area contributed by atoms with Crippen LogP contribution in [-0.2, 0) is 14.3 Å². The molecule has 0 spiro atoms. The van der Waals surface area contributed by atoms with Crippen molar-refractivity contribution in [2.75, 3.05) is 26.7 Å². The van der Waals surface area contributed by atoms with E-state index in [1.165, 1.54) is 14.0 Å². The molecule has 1 aliphatic rings. The van der Waals surface area contributed by atoms with E-state index < -0.39 is 11.6 Å². The first-order valence-electron chi connectivity index (χ1n) is 5.42. The molecular formula is C11H19NO4. The summed E-state index contributed by atoms with van der Waals surface area (Å²) in [6.45, 7) is 4.68. The minimum Gasteiger partial charge on any atom is -0.467 e. The highest BCUT2D eigenvalue weighted by molar-refractivity contribution is 5.82. The Hall–Kier alpha value is -0.940. The number of piperidine rings is 1. The van der Waals surface area contributed by atoms with Gasteiger partial charge in [0.15, 0.2) is 5.60 Å². The molecule has 2 unspecified atom stereocenters. The van der Waals surface area contributed by atoms with Crippen molar-refractivity contribution in [2.45, 2.75) is 25.9 Å². The molecule has 5 nitrogen and oxygen atoms in total. The SMILES string of the molecule is COC(=O)C(C)(O)CN1CCC(=O)C(C)C1. The number of hydrogen-bond acceptors (Lipinski definition) is 5. The molecule has 1 heterocycles. The molecule has 0 saturated carbocycles. The Kier molecular flexibility index (Phi) is 4.04. The van der Waals surface area contributed by atoms with E-state index >= 15 is 0 Å². The number of rotatable bonds is 3. The van der Waals surface area contributed by atoms with Gasteiger partial charge >= 0.3 is 5.97 Å². The van der Waals surface area contributed by atoms with Crippen molar-refractivity contribution in [1.82, 2.24) is 4.90 Å². The largest absolute Gasteiger partial charge is 0.467 e. The van der Waals surface area contributed by atoms with Gasteiger partial charge in [-0.2, -0.15) is 0 Å². The number of ether oxygens (including phenoxy) is 1. The number of esters is 1. The van der Waals surface area contributed by atoms with Crippen LogP contribution in [0.25, 0.3) is 0 Å². The van der Waals surface area contributed by atoms with Crippen LogP contribution in [0.15, 0.2) is 0 Å². The summed E-state index contributed by atoms with van der Waals surface area (Å²) in [6, 6.07) is 0. The summed E-state index contributed by atoms with van der Waals surface area (Å²) in [4.78, 5) is 24.5. The Morgan fingerprint density at radius 3 is 2.81 bits per heavy atom. The number of methoxy groups -OCH3 is 1. The van der Waals surface area contributed by atoms with Crippen LogP contribution in [0, 0.1) is 5.92 Å². The lowest BCUT2D eigenvalue weighted by atomic mass is 9.96. The van der Waals surface area contributed by atoms with Gasteiger partial charge in [0.25, 0.3) is 0 Å². The van der Waals surface area contributed by atoms with Gasteiger partial charge in [0.1, 0.15) is 5.78 Å². The fraction of sp³-hybridized carbons (Fsp3) is 0.818. The van der Waals surface area contributed by atoms with E-state index in [1.807, 2.05) is 11.8 Å². The predicted octanol–water partition coefficient (Wildman–Crippen LogP) is -0.179. The van der Waals surface area contributed by atoms with Crippen molar-refractivity contribution in [3.63, 3.8) is 0 Å². The first-order chi connectivity index (χ1) is 7.36. The molecule has 16 heavy (non-hydrogen) atoms. The second-order valence-electron chi connectivity index (χ2n) is 4.62. The number of ketones is 1. The average molecular weight is 229 g/mol. The molecule has 1 N–H and O–H groups in total. The maximum absolute atomic E-state index is 11.3. The first kappa shape index (κ1) is 13.1. The maximum atomic E-state index is 11.3. The first-order valence-corrected chi connectivity index (χ1v) is 5.42. The Labute approximate surface area is 95.4 Å². The van der Waals surface area contributed by atoms with Crippen molar-refractivity contribution in [3.8, 4) is 0 Å². The van der Waals surface area contributed by atoms with E-state index in [2.05, 4.69) is 4.74 Å². The summed E-state index contributed by atoms with van der Waals surface area (Å²) in [5, 5.41) is 9.89. The summed E-state index contributed by atoms with van der Waals surface area (Å²) in [5.74, 6) is -0.423. The zero-order valence-corrected chi connectivity index (χ0v) is 10.0. The predicted molar refractivity (Wildman–Crippen MR) is 57.9 cm³/mol. The molecular weight excluding hydrogens is 210 g/mol. The number of β-amino-alcohol motifs (C(OH)–C–C–N with tert-alkyl or cyclic N) is 1. The van der Waals surface area contributed by atoms with Gasteiger partial charge < -0.3 is 9.84 Å². The Balaban J connectivity index is 2.55. The lowest BCUT2D eigenvalue weighted by molar-refractivity contribution is -0.162. The monoisotopic (exact) mass is 229 g/mol. The molecule has 1 saturated heterocycles. The number of carbonyl (C=O) groups excluding carboxylic acids is 2. The summed E-state index contributed by atoms with van der Waals surface area (Å²) >= 11 is 0.